The minimum atomic E-state index is -0.316. The monoisotopic (exact) mass is 592 g/mol. The van der Waals surface area contributed by atoms with Crippen LogP contribution in [0.15, 0.2) is 97.5 Å². The van der Waals surface area contributed by atoms with Crippen LogP contribution in [0.2, 0.25) is 5.02 Å². The molecule has 0 saturated carbocycles. The summed E-state index contributed by atoms with van der Waals surface area (Å²) in [5, 5.41) is 17.1. The highest BCUT2D eigenvalue weighted by atomic mass is 35.5. The van der Waals surface area contributed by atoms with Crippen LogP contribution in [0.1, 0.15) is 18.2 Å². The number of halogens is 1. The number of nitriles is 1. The molecule has 1 aliphatic rings. The third-order valence-electron chi connectivity index (χ3n) is 6.61. The van der Waals surface area contributed by atoms with Crippen LogP contribution in [0, 0.1) is 11.3 Å². The SMILES string of the molecule is CCOc1cc2ncc(C#N)c(Nc3ccc(OCc4ccccn4)c(Cl)c3)c2cc1NC(=O)/C=C/C1C=CC=CN1C. The molecule has 2 N–H and O–H groups in total. The summed E-state index contributed by atoms with van der Waals surface area (Å²) in [5.74, 6) is 0.655. The quantitative estimate of drug-likeness (QED) is 0.194. The third-order valence-corrected chi connectivity index (χ3v) is 6.90. The molecule has 3 heterocycles. The largest absolute Gasteiger partial charge is 0.492 e. The van der Waals surface area contributed by atoms with Crippen molar-refractivity contribution in [2.45, 2.75) is 19.6 Å². The number of hydrogen-bond donors (Lipinski definition) is 2. The number of aromatic nitrogens is 2. The summed E-state index contributed by atoms with van der Waals surface area (Å²) in [5.41, 5.74) is 3.29. The Morgan fingerprint density at radius 2 is 2.02 bits per heavy atom. The number of nitrogens with one attached hydrogen (secondary N) is 2. The van der Waals surface area contributed by atoms with Gasteiger partial charge in [0.25, 0.3) is 0 Å². The maximum atomic E-state index is 12.9. The van der Waals surface area contributed by atoms with Crippen LogP contribution in [-0.4, -0.2) is 40.5 Å². The number of ether oxygens (including phenoxy) is 2. The number of anilines is 3. The predicted molar refractivity (Wildman–Crippen MR) is 169 cm³/mol. The molecule has 1 atom stereocenters. The molecule has 2 aromatic heterocycles. The molecular formula is C33H29ClN6O3. The summed E-state index contributed by atoms with van der Waals surface area (Å²) in [4.78, 5) is 23.7. The molecule has 5 rings (SSSR count). The highest BCUT2D eigenvalue weighted by molar-refractivity contribution is 6.32. The summed E-state index contributed by atoms with van der Waals surface area (Å²) in [6, 6.07) is 16.5. The van der Waals surface area contributed by atoms with Crippen molar-refractivity contribution < 1.29 is 14.3 Å². The average molecular weight is 593 g/mol. The van der Waals surface area contributed by atoms with Gasteiger partial charge in [-0.15, -0.1) is 0 Å². The fraction of sp³-hybridized carbons (Fsp3) is 0.152. The van der Waals surface area contributed by atoms with Crippen molar-refractivity contribution in [3.8, 4) is 17.6 Å². The maximum Gasteiger partial charge on any atom is 0.248 e. The van der Waals surface area contributed by atoms with Crippen LogP contribution in [0.25, 0.3) is 10.9 Å². The summed E-state index contributed by atoms with van der Waals surface area (Å²) < 4.78 is 11.7. The smallest absolute Gasteiger partial charge is 0.248 e. The summed E-state index contributed by atoms with van der Waals surface area (Å²) in [6.45, 7) is 2.53. The van der Waals surface area contributed by atoms with Gasteiger partial charge in [-0.05, 0) is 55.6 Å². The highest BCUT2D eigenvalue weighted by Crippen LogP contribution is 2.37. The van der Waals surface area contributed by atoms with Crippen LogP contribution in [0.3, 0.4) is 0 Å². The van der Waals surface area contributed by atoms with Gasteiger partial charge in [-0.3, -0.25) is 14.8 Å². The molecular weight excluding hydrogens is 564 g/mol. The Morgan fingerprint density at radius 1 is 1.14 bits per heavy atom. The summed E-state index contributed by atoms with van der Waals surface area (Å²) >= 11 is 6.54. The van der Waals surface area contributed by atoms with Gasteiger partial charge in [-0.25, -0.2) is 0 Å². The lowest BCUT2D eigenvalue weighted by Gasteiger charge is -2.23. The van der Waals surface area contributed by atoms with Crippen molar-refractivity contribution in [2.75, 3.05) is 24.3 Å². The van der Waals surface area contributed by atoms with E-state index in [4.69, 9.17) is 21.1 Å². The number of likely N-dealkylation sites (N-methyl/N-ethyl adjacent to an activating group) is 1. The molecule has 0 aliphatic carbocycles. The first-order chi connectivity index (χ1) is 20.9. The number of carbonyl (C=O) groups is 1. The Balaban J connectivity index is 1.42. The molecule has 43 heavy (non-hydrogen) atoms. The lowest BCUT2D eigenvalue weighted by molar-refractivity contribution is -0.111. The lowest BCUT2D eigenvalue weighted by Crippen LogP contribution is -2.24. The lowest BCUT2D eigenvalue weighted by atomic mass is 10.1. The molecule has 10 heteroatoms. The van der Waals surface area contributed by atoms with E-state index in [1.165, 1.54) is 12.3 Å². The fourth-order valence-corrected chi connectivity index (χ4v) is 4.68. The van der Waals surface area contributed by atoms with Crippen molar-refractivity contribution in [1.82, 2.24) is 14.9 Å². The molecule has 0 bridgehead atoms. The number of amides is 1. The van der Waals surface area contributed by atoms with Crippen molar-refractivity contribution >= 4 is 45.5 Å². The van der Waals surface area contributed by atoms with Crippen molar-refractivity contribution in [3.05, 3.63) is 114 Å². The van der Waals surface area contributed by atoms with Crippen LogP contribution in [-0.2, 0) is 11.4 Å². The molecule has 2 aromatic carbocycles. The molecule has 4 aromatic rings. The number of allylic oxidation sites excluding steroid dienone is 2. The van der Waals surface area contributed by atoms with E-state index in [-0.39, 0.29) is 18.6 Å². The molecule has 1 unspecified atom stereocenters. The second kappa shape index (κ2) is 13.6. The molecule has 0 radical (unpaired) electrons. The Kier molecular flexibility index (Phi) is 9.20. The zero-order chi connectivity index (χ0) is 30.2. The van der Waals surface area contributed by atoms with E-state index < -0.39 is 0 Å². The Hall–Kier alpha value is -5.33. The van der Waals surface area contributed by atoms with E-state index in [9.17, 15) is 10.1 Å². The second-order valence-electron chi connectivity index (χ2n) is 9.57. The normalized spacial score (nSPS) is 14.1. The predicted octanol–water partition coefficient (Wildman–Crippen LogP) is 6.75. The number of nitrogens with zero attached hydrogens (tertiary/aromatic N) is 4. The van der Waals surface area contributed by atoms with Crippen molar-refractivity contribution in [2.24, 2.45) is 0 Å². The van der Waals surface area contributed by atoms with Crippen LogP contribution >= 0.6 is 11.6 Å². The molecule has 0 fully saturated rings. The first-order valence-electron chi connectivity index (χ1n) is 13.6. The Morgan fingerprint density at radius 3 is 2.77 bits per heavy atom. The van der Waals surface area contributed by atoms with Crippen molar-refractivity contribution in [3.63, 3.8) is 0 Å². The standard InChI is InChI=1S/C33H29ClN6O3/c1-3-42-31-18-28-26(17-29(31)39-32(41)13-11-25-9-5-7-15-40(25)2)33(22(19-35)20-37-28)38-23-10-12-30(27(34)16-23)43-21-24-8-4-6-14-36-24/h4-18,20,25H,3,21H2,1-2H3,(H,37,38)(H,39,41)/b13-11+. The number of fused-ring (bicyclic) bond motifs is 1. The summed E-state index contributed by atoms with van der Waals surface area (Å²) in [6.07, 6.45) is 14.3. The molecule has 1 amide bonds. The second-order valence-corrected chi connectivity index (χ2v) is 9.98. The van der Waals surface area contributed by atoms with Gasteiger partial charge in [0.05, 0.1) is 45.8 Å². The fourth-order valence-electron chi connectivity index (χ4n) is 4.45. The Bertz CT molecular complexity index is 1760. The number of pyridine rings is 2. The van der Waals surface area contributed by atoms with E-state index in [1.54, 1.807) is 36.5 Å². The van der Waals surface area contributed by atoms with E-state index in [0.29, 0.717) is 56.7 Å². The number of carbonyl (C=O) groups excluding carboxylic acids is 1. The molecule has 0 spiro atoms. The van der Waals surface area contributed by atoms with E-state index in [0.717, 1.165) is 5.69 Å². The van der Waals surface area contributed by atoms with Gasteiger partial charge in [0.15, 0.2) is 0 Å². The zero-order valence-corrected chi connectivity index (χ0v) is 24.4. The van der Waals surface area contributed by atoms with E-state index >= 15 is 0 Å². The van der Waals surface area contributed by atoms with Gasteiger partial charge in [0, 0.05) is 42.7 Å². The van der Waals surface area contributed by atoms with Gasteiger partial charge in [0.1, 0.15) is 24.2 Å². The number of hydrogen-bond acceptors (Lipinski definition) is 8. The van der Waals surface area contributed by atoms with Gasteiger partial charge in [0.2, 0.25) is 5.91 Å². The molecule has 9 nitrogen and oxygen atoms in total. The van der Waals surface area contributed by atoms with Crippen LogP contribution in [0.5, 0.6) is 11.5 Å². The third kappa shape index (κ3) is 7.12. The number of rotatable bonds is 10. The van der Waals surface area contributed by atoms with Crippen LogP contribution < -0.4 is 20.1 Å². The van der Waals surface area contributed by atoms with Gasteiger partial charge in [-0.1, -0.05) is 35.9 Å². The molecule has 0 saturated heterocycles. The Labute approximate surface area is 254 Å². The van der Waals surface area contributed by atoms with Crippen LogP contribution in [0.4, 0.5) is 17.1 Å². The van der Waals surface area contributed by atoms with E-state index in [2.05, 4.69) is 26.7 Å². The van der Waals surface area contributed by atoms with Gasteiger partial charge in [-0.2, -0.15) is 5.26 Å². The minimum Gasteiger partial charge on any atom is -0.492 e. The van der Waals surface area contributed by atoms with E-state index in [1.807, 2.05) is 67.6 Å². The minimum absolute atomic E-state index is 0.0319. The average Bonchev–Trinajstić information content (AvgIpc) is 3.01. The highest BCUT2D eigenvalue weighted by Gasteiger charge is 2.16. The van der Waals surface area contributed by atoms with Gasteiger partial charge >= 0.3 is 0 Å². The topological polar surface area (TPSA) is 112 Å². The molecule has 1 aliphatic heterocycles. The first-order valence-corrected chi connectivity index (χ1v) is 14.0. The number of benzene rings is 2. The zero-order valence-electron chi connectivity index (χ0n) is 23.6. The van der Waals surface area contributed by atoms with Crippen molar-refractivity contribution in [1.29, 1.82) is 5.26 Å². The van der Waals surface area contributed by atoms with Gasteiger partial charge < -0.3 is 25.0 Å². The summed E-state index contributed by atoms with van der Waals surface area (Å²) in [7, 11) is 1.94. The first kappa shape index (κ1) is 29.2. The molecule has 216 valence electrons. The maximum absolute atomic E-state index is 12.9.